The lowest BCUT2D eigenvalue weighted by Crippen LogP contribution is -2.12. The van der Waals surface area contributed by atoms with Crippen LogP contribution < -0.4 is 5.73 Å². The zero-order valence-corrected chi connectivity index (χ0v) is 10.3. The molecule has 14 heavy (non-hydrogen) atoms. The number of nitrogens with two attached hydrogens (primary N) is 1. The SMILES string of the molecule is CC.Cc1cc(N)ccc1C(C)(C)C. The van der Waals surface area contributed by atoms with Crippen LogP contribution >= 0.6 is 0 Å². The Bertz CT molecular complexity index is 282. The summed E-state index contributed by atoms with van der Waals surface area (Å²) in [6, 6.07) is 6.11. The Morgan fingerprint density at radius 2 is 1.57 bits per heavy atom. The van der Waals surface area contributed by atoms with Crippen LogP contribution in [-0.2, 0) is 5.41 Å². The number of nitrogen functional groups attached to an aromatic ring is 1. The molecule has 0 bridgehead atoms. The van der Waals surface area contributed by atoms with Crippen molar-refractivity contribution in [1.82, 2.24) is 0 Å². The maximum atomic E-state index is 5.67. The molecule has 1 aromatic carbocycles. The van der Waals surface area contributed by atoms with Crippen molar-refractivity contribution in [3.05, 3.63) is 29.3 Å². The van der Waals surface area contributed by atoms with Gasteiger partial charge in [0.05, 0.1) is 0 Å². The quantitative estimate of drug-likeness (QED) is 0.621. The van der Waals surface area contributed by atoms with Crippen molar-refractivity contribution in [2.75, 3.05) is 5.73 Å². The zero-order chi connectivity index (χ0) is 11.4. The molecular weight excluding hydrogens is 170 g/mol. The number of aryl methyl sites for hydroxylation is 1. The zero-order valence-electron chi connectivity index (χ0n) is 10.3. The van der Waals surface area contributed by atoms with Crippen LogP contribution in [0.4, 0.5) is 5.69 Å². The van der Waals surface area contributed by atoms with Crippen LogP contribution in [0, 0.1) is 6.92 Å². The van der Waals surface area contributed by atoms with E-state index in [1.54, 1.807) is 0 Å². The van der Waals surface area contributed by atoms with E-state index in [2.05, 4.69) is 33.8 Å². The summed E-state index contributed by atoms with van der Waals surface area (Å²) < 4.78 is 0. The summed E-state index contributed by atoms with van der Waals surface area (Å²) in [5, 5.41) is 0. The highest BCUT2D eigenvalue weighted by molar-refractivity contribution is 5.46. The topological polar surface area (TPSA) is 26.0 Å². The van der Waals surface area contributed by atoms with E-state index in [1.165, 1.54) is 11.1 Å². The molecule has 0 aromatic heterocycles. The second kappa shape index (κ2) is 5.04. The smallest absolute Gasteiger partial charge is 0.0316 e. The van der Waals surface area contributed by atoms with Crippen molar-refractivity contribution in [3.8, 4) is 0 Å². The first-order chi connectivity index (χ1) is 6.41. The van der Waals surface area contributed by atoms with Gasteiger partial charge in [-0.25, -0.2) is 0 Å². The lowest BCUT2D eigenvalue weighted by Gasteiger charge is -2.21. The Morgan fingerprint density at radius 3 is 1.93 bits per heavy atom. The van der Waals surface area contributed by atoms with Gasteiger partial charge in [0.25, 0.3) is 0 Å². The van der Waals surface area contributed by atoms with Crippen LogP contribution in [-0.4, -0.2) is 0 Å². The highest BCUT2D eigenvalue weighted by Gasteiger charge is 2.15. The molecule has 0 saturated heterocycles. The monoisotopic (exact) mass is 193 g/mol. The van der Waals surface area contributed by atoms with Gasteiger partial charge < -0.3 is 5.73 Å². The third-order valence-corrected chi connectivity index (χ3v) is 2.06. The first kappa shape index (κ1) is 13.0. The van der Waals surface area contributed by atoms with Gasteiger partial charge in [0, 0.05) is 5.69 Å². The van der Waals surface area contributed by atoms with E-state index in [4.69, 9.17) is 5.73 Å². The standard InChI is InChI=1S/C11H17N.C2H6/c1-8-7-9(12)5-6-10(8)11(2,3)4;1-2/h5-7H,12H2,1-4H3;1-2H3. The summed E-state index contributed by atoms with van der Waals surface area (Å²) in [7, 11) is 0. The Balaban J connectivity index is 0.000000791. The summed E-state index contributed by atoms with van der Waals surface area (Å²) in [5.74, 6) is 0. The molecule has 0 radical (unpaired) electrons. The van der Waals surface area contributed by atoms with Gasteiger partial charge in [-0.05, 0) is 35.6 Å². The van der Waals surface area contributed by atoms with E-state index in [9.17, 15) is 0 Å². The maximum absolute atomic E-state index is 5.67. The van der Waals surface area contributed by atoms with Gasteiger partial charge in [-0.1, -0.05) is 40.7 Å². The number of rotatable bonds is 0. The van der Waals surface area contributed by atoms with Crippen molar-refractivity contribution in [3.63, 3.8) is 0 Å². The molecule has 1 aromatic rings. The summed E-state index contributed by atoms with van der Waals surface area (Å²) in [6.07, 6.45) is 0. The highest BCUT2D eigenvalue weighted by Crippen LogP contribution is 2.26. The summed E-state index contributed by atoms with van der Waals surface area (Å²) in [4.78, 5) is 0. The van der Waals surface area contributed by atoms with Gasteiger partial charge in [-0.15, -0.1) is 0 Å². The minimum absolute atomic E-state index is 0.220. The Labute approximate surface area is 88.3 Å². The molecule has 0 aliphatic rings. The van der Waals surface area contributed by atoms with E-state index in [-0.39, 0.29) is 5.41 Å². The second-order valence-electron chi connectivity index (χ2n) is 4.32. The third-order valence-electron chi connectivity index (χ3n) is 2.06. The first-order valence-electron chi connectivity index (χ1n) is 5.28. The number of benzene rings is 1. The molecule has 0 saturated carbocycles. The molecule has 2 N–H and O–H groups in total. The van der Waals surface area contributed by atoms with Gasteiger partial charge in [-0.3, -0.25) is 0 Å². The summed E-state index contributed by atoms with van der Waals surface area (Å²) in [6.45, 7) is 12.7. The van der Waals surface area contributed by atoms with Crippen molar-refractivity contribution in [1.29, 1.82) is 0 Å². The summed E-state index contributed by atoms with van der Waals surface area (Å²) in [5.41, 5.74) is 9.39. The normalized spacial score (nSPS) is 10.4. The predicted octanol–water partition coefficient (Wildman–Crippen LogP) is 3.90. The van der Waals surface area contributed by atoms with Gasteiger partial charge >= 0.3 is 0 Å². The molecular formula is C13H23N. The Morgan fingerprint density at radius 1 is 1.07 bits per heavy atom. The fourth-order valence-corrected chi connectivity index (χ4v) is 1.53. The highest BCUT2D eigenvalue weighted by atomic mass is 14.5. The lowest BCUT2D eigenvalue weighted by molar-refractivity contribution is 0.586. The minimum Gasteiger partial charge on any atom is -0.399 e. The van der Waals surface area contributed by atoms with Crippen molar-refractivity contribution in [2.24, 2.45) is 0 Å². The van der Waals surface area contributed by atoms with Crippen LogP contribution in [0.2, 0.25) is 0 Å². The average Bonchev–Trinajstić information content (AvgIpc) is 2.05. The molecule has 1 rings (SSSR count). The van der Waals surface area contributed by atoms with Crippen molar-refractivity contribution in [2.45, 2.75) is 47.0 Å². The molecule has 0 atom stereocenters. The minimum atomic E-state index is 0.220. The Kier molecular flexibility index (Phi) is 4.69. The fourth-order valence-electron chi connectivity index (χ4n) is 1.53. The van der Waals surface area contributed by atoms with Crippen molar-refractivity contribution >= 4 is 5.69 Å². The molecule has 0 unspecified atom stereocenters. The van der Waals surface area contributed by atoms with E-state index < -0.39 is 0 Å². The van der Waals surface area contributed by atoms with E-state index in [0.717, 1.165) is 5.69 Å². The molecule has 1 nitrogen and oxygen atoms in total. The first-order valence-corrected chi connectivity index (χ1v) is 5.28. The maximum Gasteiger partial charge on any atom is 0.0316 e. The molecule has 0 heterocycles. The predicted molar refractivity (Wildman–Crippen MR) is 65.6 cm³/mol. The van der Waals surface area contributed by atoms with Gasteiger partial charge in [0.15, 0.2) is 0 Å². The molecule has 80 valence electrons. The number of hydrogen-bond donors (Lipinski definition) is 1. The van der Waals surface area contributed by atoms with Crippen LogP contribution in [0.1, 0.15) is 45.7 Å². The van der Waals surface area contributed by atoms with Crippen LogP contribution in [0.3, 0.4) is 0 Å². The van der Waals surface area contributed by atoms with Gasteiger partial charge in [0.2, 0.25) is 0 Å². The molecule has 0 aliphatic carbocycles. The second-order valence-corrected chi connectivity index (χ2v) is 4.32. The van der Waals surface area contributed by atoms with Crippen LogP contribution in [0.5, 0.6) is 0 Å². The van der Waals surface area contributed by atoms with E-state index in [1.807, 2.05) is 26.0 Å². The molecule has 1 heteroatoms. The molecule has 0 amide bonds. The van der Waals surface area contributed by atoms with Crippen molar-refractivity contribution < 1.29 is 0 Å². The van der Waals surface area contributed by atoms with Gasteiger partial charge in [-0.2, -0.15) is 0 Å². The van der Waals surface area contributed by atoms with Gasteiger partial charge in [0.1, 0.15) is 0 Å². The van der Waals surface area contributed by atoms with E-state index in [0.29, 0.717) is 0 Å². The molecule has 0 fully saturated rings. The average molecular weight is 193 g/mol. The van der Waals surface area contributed by atoms with E-state index >= 15 is 0 Å². The lowest BCUT2D eigenvalue weighted by atomic mass is 9.84. The van der Waals surface area contributed by atoms with Crippen LogP contribution in [0.25, 0.3) is 0 Å². The largest absolute Gasteiger partial charge is 0.399 e. The number of anilines is 1. The number of hydrogen-bond acceptors (Lipinski definition) is 1. The third kappa shape index (κ3) is 3.41. The summed E-state index contributed by atoms with van der Waals surface area (Å²) >= 11 is 0. The van der Waals surface area contributed by atoms with Crippen LogP contribution in [0.15, 0.2) is 18.2 Å². The fraction of sp³-hybridized carbons (Fsp3) is 0.538. The molecule has 0 aliphatic heterocycles. The molecule has 0 spiro atoms. The Hall–Kier alpha value is -0.980.